The monoisotopic (exact) mass is 421 g/mol. The van der Waals surface area contributed by atoms with E-state index in [0.717, 1.165) is 35.3 Å². The van der Waals surface area contributed by atoms with Crippen LogP contribution in [0.15, 0.2) is 42.5 Å². The van der Waals surface area contributed by atoms with Crippen LogP contribution >= 0.6 is 0 Å². The Bertz CT molecular complexity index is 1050. The van der Waals surface area contributed by atoms with Crippen LogP contribution < -0.4 is 10.1 Å². The zero-order valence-corrected chi connectivity index (χ0v) is 18.1. The molecule has 0 bridgehead atoms. The zero-order chi connectivity index (χ0) is 22.2. The highest BCUT2D eigenvalue weighted by Crippen LogP contribution is 2.32. The second-order valence-corrected chi connectivity index (χ2v) is 8.38. The molecule has 2 aromatic rings. The summed E-state index contributed by atoms with van der Waals surface area (Å²) in [6.45, 7) is 1.75. The van der Waals surface area contributed by atoms with Crippen molar-refractivity contribution < 1.29 is 19.1 Å². The van der Waals surface area contributed by atoms with Crippen LogP contribution in [0.1, 0.15) is 35.6 Å². The number of nitrogens with one attached hydrogen (secondary N) is 1. The van der Waals surface area contributed by atoms with E-state index in [1.807, 2.05) is 42.5 Å². The highest BCUT2D eigenvalue weighted by molar-refractivity contribution is 6.09. The molecule has 7 nitrogen and oxygen atoms in total. The molecule has 1 aliphatic heterocycles. The van der Waals surface area contributed by atoms with Gasteiger partial charge < -0.3 is 15.0 Å². The van der Waals surface area contributed by atoms with Crippen molar-refractivity contribution in [3.05, 3.63) is 64.7 Å². The van der Waals surface area contributed by atoms with Crippen LogP contribution in [0.25, 0.3) is 0 Å². The maximum absolute atomic E-state index is 13.2. The van der Waals surface area contributed by atoms with E-state index >= 15 is 0 Å². The minimum Gasteiger partial charge on any atom is -0.497 e. The minimum absolute atomic E-state index is 0.300. The molecule has 0 spiro atoms. The summed E-state index contributed by atoms with van der Waals surface area (Å²) in [5.74, 6) is -0.0133. The summed E-state index contributed by atoms with van der Waals surface area (Å²) >= 11 is 0. The first-order valence-electron chi connectivity index (χ1n) is 10.4. The van der Waals surface area contributed by atoms with Crippen molar-refractivity contribution in [1.29, 1.82) is 0 Å². The number of benzene rings is 2. The summed E-state index contributed by atoms with van der Waals surface area (Å²) in [5.41, 5.74) is 3.02. The van der Waals surface area contributed by atoms with Crippen LogP contribution in [0, 0.1) is 0 Å². The van der Waals surface area contributed by atoms with Crippen molar-refractivity contribution in [3.63, 3.8) is 0 Å². The lowest BCUT2D eigenvalue weighted by Gasteiger charge is -2.24. The normalized spacial score (nSPS) is 19.9. The highest BCUT2D eigenvalue weighted by atomic mass is 16.5. The number of fused-ring (bicyclic) bond motifs is 1. The summed E-state index contributed by atoms with van der Waals surface area (Å²) in [6, 6.07) is 12.8. The lowest BCUT2D eigenvalue weighted by Crippen LogP contribution is -2.43. The van der Waals surface area contributed by atoms with Gasteiger partial charge in [0.1, 0.15) is 17.8 Å². The maximum atomic E-state index is 13.2. The summed E-state index contributed by atoms with van der Waals surface area (Å²) < 4.78 is 5.22. The molecule has 2 aromatic carbocycles. The van der Waals surface area contributed by atoms with Crippen LogP contribution in [0.3, 0.4) is 0 Å². The topological polar surface area (TPSA) is 79.0 Å². The molecule has 7 heteroatoms. The smallest absolute Gasteiger partial charge is 0.325 e. The molecule has 0 aromatic heterocycles. The van der Waals surface area contributed by atoms with Gasteiger partial charge in [-0.1, -0.05) is 30.3 Å². The molecule has 4 rings (SSSR count). The Morgan fingerprint density at radius 2 is 1.94 bits per heavy atom. The van der Waals surface area contributed by atoms with Gasteiger partial charge in [-0.25, -0.2) is 4.79 Å². The predicted molar refractivity (Wildman–Crippen MR) is 116 cm³/mol. The van der Waals surface area contributed by atoms with Gasteiger partial charge in [0, 0.05) is 13.6 Å². The lowest BCUT2D eigenvalue weighted by molar-refractivity contribution is -0.138. The van der Waals surface area contributed by atoms with Gasteiger partial charge >= 0.3 is 6.03 Å². The molecule has 31 heavy (non-hydrogen) atoms. The number of nitrogens with zero attached hydrogens (tertiary/aromatic N) is 2. The van der Waals surface area contributed by atoms with E-state index in [1.165, 1.54) is 16.0 Å². The molecule has 0 radical (unpaired) electrons. The number of carbonyl (C=O) groups excluding carboxylic acids is 3. The Kier molecular flexibility index (Phi) is 5.43. The van der Waals surface area contributed by atoms with Crippen LogP contribution in [0.4, 0.5) is 4.79 Å². The Hall–Kier alpha value is -3.35. The second kappa shape index (κ2) is 8.06. The van der Waals surface area contributed by atoms with E-state index in [-0.39, 0.29) is 12.5 Å². The predicted octanol–water partition coefficient (Wildman–Crippen LogP) is 2.61. The quantitative estimate of drug-likeness (QED) is 0.728. The molecule has 162 valence electrons. The van der Waals surface area contributed by atoms with Gasteiger partial charge in [-0.05, 0) is 60.6 Å². The average Bonchev–Trinajstić information content (AvgIpc) is 3.32. The van der Waals surface area contributed by atoms with Gasteiger partial charge in [0.2, 0.25) is 5.91 Å². The lowest BCUT2D eigenvalue weighted by atomic mass is 9.89. The van der Waals surface area contributed by atoms with E-state index in [9.17, 15) is 14.4 Å². The number of amides is 4. The third-order valence-electron chi connectivity index (χ3n) is 6.22. The molecule has 1 aliphatic carbocycles. The Balaban J connectivity index is 1.46. The molecule has 1 unspecified atom stereocenters. The second-order valence-electron chi connectivity index (χ2n) is 8.38. The molecule has 0 saturated carbocycles. The molecule has 1 atom stereocenters. The van der Waals surface area contributed by atoms with E-state index in [1.54, 1.807) is 21.1 Å². The number of urea groups is 1. The van der Waals surface area contributed by atoms with Gasteiger partial charge in [-0.15, -0.1) is 0 Å². The number of aryl methyl sites for hydroxylation is 2. The first-order chi connectivity index (χ1) is 14.8. The molecule has 1 saturated heterocycles. The van der Waals surface area contributed by atoms with Crippen molar-refractivity contribution in [2.75, 3.05) is 20.7 Å². The standard InChI is InChI=1S/C24H27N3O4/c1-24(19-11-10-17-7-5-8-18(17)13-19)22(29)27(23(30)25-24)15-21(28)26(2)14-16-6-4-9-20(12-16)31-3/h4,6,9-13H,5,7-8,14-15H2,1-3H3,(H,25,30). The first kappa shape index (κ1) is 20.9. The van der Waals surface area contributed by atoms with Crippen molar-refractivity contribution in [1.82, 2.24) is 15.1 Å². The summed E-state index contributed by atoms with van der Waals surface area (Å²) in [5, 5.41) is 2.80. The van der Waals surface area contributed by atoms with Crippen LogP contribution in [0.2, 0.25) is 0 Å². The van der Waals surface area contributed by atoms with Gasteiger partial charge in [0.15, 0.2) is 0 Å². The molecule has 1 fully saturated rings. The van der Waals surface area contributed by atoms with Crippen LogP contribution in [-0.2, 0) is 34.5 Å². The molecule has 1 heterocycles. The summed E-state index contributed by atoms with van der Waals surface area (Å²) in [7, 11) is 3.24. The van der Waals surface area contributed by atoms with Gasteiger partial charge in [0.25, 0.3) is 5.91 Å². The number of hydrogen-bond donors (Lipinski definition) is 1. The van der Waals surface area contributed by atoms with Crippen LogP contribution in [-0.4, -0.2) is 48.3 Å². The third kappa shape index (κ3) is 3.87. The number of imide groups is 1. The molecule has 1 N–H and O–H groups in total. The molecule has 4 amide bonds. The average molecular weight is 421 g/mol. The van der Waals surface area contributed by atoms with Crippen molar-refractivity contribution >= 4 is 17.8 Å². The van der Waals surface area contributed by atoms with Crippen molar-refractivity contribution in [3.8, 4) is 5.75 Å². The fourth-order valence-corrected chi connectivity index (χ4v) is 4.31. The Morgan fingerprint density at radius 1 is 1.16 bits per heavy atom. The molecular formula is C24H27N3O4. The zero-order valence-electron chi connectivity index (χ0n) is 18.1. The maximum Gasteiger partial charge on any atom is 0.325 e. The number of rotatable bonds is 6. The number of likely N-dealkylation sites (N-methyl/N-ethyl adjacent to an activating group) is 1. The Morgan fingerprint density at radius 3 is 2.71 bits per heavy atom. The van der Waals surface area contributed by atoms with E-state index in [0.29, 0.717) is 12.3 Å². The number of carbonyl (C=O) groups is 3. The van der Waals surface area contributed by atoms with Gasteiger partial charge in [-0.3, -0.25) is 14.5 Å². The third-order valence-corrected chi connectivity index (χ3v) is 6.22. The largest absolute Gasteiger partial charge is 0.497 e. The van der Waals surface area contributed by atoms with E-state index < -0.39 is 17.5 Å². The summed E-state index contributed by atoms with van der Waals surface area (Å²) in [4.78, 5) is 41.1. The van der Waals surface area contributed by atoms with Crippen molar-refractivity contribution in [2.24, 2.45) is 0 Å². The number of hydrogen-bond acceptors (Lipinski definition) is 4. The SMILES string of the molecule is COc1cccc(CN(C)C(=O)CN2C(=O)NC(C)(c3ccc4c(c3)CCC4)C2=O)c1. The van der Waals surface area contributed by atoms with E-state index in [4.69, 9.17) is 4.74 Å². The Labute approximate surface area is 182 Å². The number of ether oxygens (including phenoxy) is 1. The van der Waals surface area contributed by atoms with E-state index in [2.05, 4.69) is 5.32 Å². The minimum atomic E-state index is -1.17. The van der Waals surface area contributed by atoms with Gasteiger partial charge in [0.05, 0.1) is 7.11 Å². The summed E-state index contributed by atoms with van der Waals surface area (Å²) in [6.07, 6.45) is 3.14. The fraction of sp³-hybridized carbons (Fsp3) is 0.375. The van der Waals surface area contributed by atoms with Gasteiger partial charge in [-0.2, -0.15) is 0 Å². The number of methoxy groups -OCH3 is 1. The molecular weight excluding hydrogens is 394 g/mol. The highest BCUT2D eigenvalue weighted by Gasteiger charge is 2.49. The van der Waals surface area contributed by atoms with Crippen molar-refractivity contribution in [2.45, 2.75) is 38.3 Å². The molecule has 2 aliphatic rings. The first-order valence-corrected chi connectivity index (χ1v) is 10.4. The van der Waals surface area contributed by atoms with Crippen LogP contribution in [0.5, 0.6) is 5.75 Å². The fourth-order valence-electron chi connectivity index (χ4n) is 4.31.